The number of thioether (sulfide) groups is 2. The largest absolute Gasteiger partial charge is 0.383 e. The Balaban J connectivity index is 2.47. The van der Waals surface area contributed by atoms with E-state index in [-0.39, 0.29) is 0 Å². The molecule has 0 spiro atoms. The second-order valence-corrected chi connectivity index (χ2v) is 4.70. The van der Waals surface area contributed by atoms with Gasteiger partial charge in [-0.1, -0.05) is 11.8 Å². The van der Waals surface area contributed by atoms with Crippen LogP contribution in [0.4, 0.5) is 5.82 Å². The molecule has 1 aromatic rings. The van der Waals surface area contributed by atoms with Crippen molar-refractivity contribution in [2.45, 2.75) is 17.3 Å². The van der Waals surface area contributed by atoms with E-state index >= 15 is 0 Å². The third-order valence-corrected chi connectivity index (χ3v) is 3.55. The standard InChI is InChI=1S/C8H11N3S2/c1-12-8-10-6-2-3-13-4-5(6)7(9)11-8/h2-4H2,1H3,(H2,9,10,11). The first kappa shape index (κ1) is 9.15. The topological polar surface area (TPSA) is 51.8 Å². The Morgan fingerprint density at radius 1 is 1.46 bits per heavy atom. The molecule has 3 nitrogen and oxygen atoms in total. The van der Waals surface area contributed by atoms with Crippen molar-refractivity contribution in [3.05, 3.63) is 11.3 Å². The van der Waals surface area contributed by atoms with Crippen molar-refractivity contribution in [2.75, 3.05) is 17.7 Å². The first-order valence-electron chi connectivity index (χ1n) is 4.08. The van der Waals surface area contributed by atoms with E-state index in [1.54, 1.807) is 11.8 Å². The Kier molecular flexibility index (Phi) is 2.64. The number of hydrogen-bond donors (Lipinski definition) is 1. The molecule has 1 aromatic heterocycles. The molecule has 0 fully saturated rings. The fourth-order valence-electron chi connectivity index (χ4n) is 1.32. The Morgan fingerprint density at radius 2 is 2.31 bits per heavy atom. The zero-order chi connectivity index (χ0) is 9.26. The summed E-state index contributed by atoms with van der Waals surface area (Å²) in [6, 6.07) is 0. The number of aryl methyl sites for hydroxylation is 1. The predicted molar refractivity (Wildman–Crippen MR) is 58.1 cm³/mol. The summed E-state index contributed by atoms with van der Waals surface area (Å²) in [6.07, 6.45) is 3.00. The van der Waals surface area contributed by atoms with Gasteiger partial charge in [0, 0.05) is 11.3 Å². The van der Waals surface area contributed by atoms with Crippen molar-refractivity contribution >= 4 is 29.3 Å². The Labute approximate surface area is 85.9 Å². The molecule has 2 heterocycles. The van der Waals surface area contributed by atoms with Crippen LogP contribution in [0.1, 0.15) is 11.3 Å². The van der Waals surface area contributed by atoms with Gasteiger partial charge in [-0.25, -0.2) is 9.97 Å². The average molecular weight is 213 g/mol. The molecular formula is C8H11N3S2. The number of nitrogens with two attached hydrogens (primary N) is 1. The summed E-state index contributed by atoms with van der Waals surface area (Å²) in [5.41, 5.74) is 8.14. The maximum absolute atomic E-state index is 5.84. The highest BCUT2D eigenvalue weighted by Gasteiger charge is 2.15. The van der Waals surface area contributed by atoms with Crippen LogP contribution in [0.3, 0.4) is 0 Å². The maximum atomic E-state index is 5.84. The van der Waals surface area contributed by atoms with Crippen LogP contribution in [0.25, 0.3) is 0 Å². The van der Waals surface area contributed by atoms with Gasteiger partial charge in [0.15, 0.2) is 5.16 Å². The lowest BCUT2D eigenvalue weighted by Crippen LogP contribution is -2.11. The summed E-state index contributed by atoms with van der Waals surface area (Å²) < 4.78 is 0. The molecule has 0 saturated heterocycles. The third kappa shape index (κ3) is 1.76. The van der Waals surface area contributed by atoms with Crippen molar-refractivity contribution in [1.29, 1.82) is 0 Å². The minimum absolute atomic E-state index is 0.668. The van der Waals surface area contributed by atoms with Crippen LogP contribution in [-0.2, 0) is 12.2 Å². The molecule has 2 rings (SSSR count). The van der Waals surface area contributed by atoms with E-state index in [0.717, 1.165) is 34.3 Å². The normalized spacial score (nSPS) is 15.5. The van der Waals surface area contributed by atoms with Gasteiger partial charge in [-0.3, -0.25) is 0 Å². The fraction of sp³-hybridized carbons (Fsp3) is 0.500. The van der Waals surface area contributed by atoms with Gasteiger partial charge in [-0.05, 0) is 18.4 Å². The summed E-state index contributed by atoms with van der Waals surface area (Å²) >= 11 is 3.45. The van der Waals surface area contributed by atoms with Crippen molar-refractivity contribution in [3.63, 3.8) is 0 Å². The minimum Gasteiger partial charge on any atom is -0.383 e. The van der Waals surface area contributed by atoms with Crippen molar-refractivity contribution in [3.8, 4) is 0 Å². The van der Waals surface area contributed by atoms with Gasteiger partial charge in [-0.15, -0.1) is 0 Å². The Bertz CT molecular complexity index is 327. The van der Waals surface area contributed by atoms with Gasteiger partial charge in [0.25, 0.3) is 0 Å². The number of fused-ring (bicyclic) bond motifs is 1. The summed E-state index contributed by atoms with van der Waals surface area (Å²) in [4.78, 5) is 8.67. The molecule has 0 aromatic carbocycles. The molecule has 1 aliphatic heterocycles. The van der Waals surface area contributed by atoms with Gasteiger partial charge >= 0.3 is 0 Å². The second-order valence-electron chi connectivity index (χ2n) is 2.82. The van der Waals surface area contributed by atoms with E-state index in [9.17, 15) is 0 Å². The number of hydrogen-bond acceptors (Lipinski definition) is 5. The van der Waals surface area contributed by atoms with Crippen molar-refractivity contribution < 1.29 is 0 Å². The highest BCUT2D eigenvalue weighted by Crippen LogP contribution is 2.28. The SMILES string of the molecule is CSc1nc(N)c2c(n1)CCSC2. The molecule has 0 aliphatic carbocycles. The van der Waals surface area contributed by atoms with Crippen molar-refractivity contribution in [1.82, 2.24) is 9.97 Å². The lowest BCUT2D eigenvalue weighted by atomic mass is 10.2. The fourth-order valence-corrected chi connectivity index (χ4v) is 2.72. The number of nitrogen functional groups attached to an aromatic ring is 1. The van der Waals surface area contributed by atoms with Gasteiger partial charge in [0.05, 0.1) is 5.69 Å². The molecule has 0 amide bonds. The van der Waals surface area contributed by atoms with E-state index in [4.69, 9.17) is 5.73 Å². The highest BCUT2D eigenvalue weighted by atomic mass is 32.2. The van der Waals surface area contributed by atoms with E-state index in [1.807, 2.05) is 18.0 Å². The predicted octanol–water partition coefficient (Wildman–Crippen LogP) is 1.57. The number of anilines is 1. The molecule has 0 unspecified atom stereocenters. The molecule has 0 bridgehead atoms. The van der Waals surface area contributed by atoms with E-state index < -0.39 is 0 Å². The summed E-state index contributed by atoms with van der Waals surface area (Å²) in [7, 11) is 0. The zero-order valence-electron chi connectivity index (χ0n) is 7.41. The first-order valence-corrected chi connectivity index (χ1v) is 6.46. The average Bonchev–Trinajstić information content (AvgIpc) is 2.18. The van der Waals surface area contributed by atoms with E-state index in [2.05, 4.69) is 9.97 Å². The quantitative estimate of drug-likeness (QED) is 0.567. The van der Waals surface area contributed by atoms with Gasteiger partial charge in [0.2, 0.25) is 0 Å². The second kappa shape index (κ2) is 3.75. The van der Waals surface area contributed by atoms with E-state index in [1.165, 1.54) is 0 Å². The molecule has 2 N–H and O–H groups in total. The first-order chi connectivity index (χ1) is 6.31. The molecule has 5 heteroatoms. The highest BCUT2D eigenvalue weighted by molar-refractivity contribution is 7.98. The molecule has 0 atom stereocenters. The van der Waals surface area contributed by atoms with Crippen LogP contribution in [0.2, 0.25) is 0 Å². The molecule has 1 aliphatic rings. The van der Waals surface area contributed by atoms with Crippen LogP contribution in [0.5, 0.6) is 0 Å². The molecule has 70 valence electrons. The zero-order valence-corrected chi connectivity index (χ0v) is 9.04. The molecule has 0 radical (unpaired) electrons. The van der Waals surface area contributed by atoms with Crippen LogP contribution in [-0.4, -0.2) is 22.0 Å². The Hall–Kier alpha value is -0.420. The minimum atomic E-state index is 0.668. The lowest BCUT2D eigenvalue weighted by Gasteiger charge is -2.16. The third-order valence-electron chi connectivity index (χ3n) is 2.02. The monoisotopic (exact) mass is 213 g/mol. The Morgan fingerprint density at radius 3 is 3.08 bits per heavy atom. The molecular weight excluding hydrogens is 202 g/mol. The molecule has 0 saturated carbocycles. The van der Waals surface area contributed by atoms with Crippen LogP contribution in [0.15, 0.2) is 5.16 Å². The summed E-state index contributed by atoms with van der Waals surface area (Å²) in [5.74, 6) is 2.79. The number of rotatable bonds is 1. The number of nitrogens with zero attached hydrogens (tertiary/aromatic N) is 2. The lowest BCUT2D eigenvalue weighted by molar-refractivity contribution is 0.871. The maximum Gasteiger partial charge on any atom is 0.189 e. The summed E-state index contributed by atoms with van der Waals surface area (Å²) in [5, 5.41) is 0.795. The van der Waals surface area contributed by atoms with Gasteiger partial charge in [0.1, 0.15) is 5.82 Å². The van der Waals surface area contributed by atoms with E-state index in [0.29, 0.717) is 5.82 Å². The van der Waals surface area contributed by atoms with Crippen LogP contribution >= 0.6 is 23.5 Å². The smallest absolute Gasteiger partial charge is 0.189 e. The van der Waals surface area contributed by atoms with Gasteiger partial charge < -0.3 is 5.73 Å². The summed E-state index contributed by atoms with van der Waals surface area (Å²) in [6.45, 7) is 0. The molecule has 13 heavy (non-hydrogen) atoms. The van der Waals surface area contributed by atoms with Crippen molar-refractivity contribution in [2.24, 2.45) is 0 Å². The van der Waals surface area contributed by atoms with Gasteiger partial charge in [-0.2, -0.15) is 11.8 Å². The number of aromatic nitrogens is 2. The van der Waals surface area contributed by atoms with Crippen LogP contribution < -0.4 is 5.73 Å². The van der Waals surface area contributed by atoms with Crippen LogP contribution in [0, 0.1) is 0 Å².